The van der Waals surface area contributed by atoms with Crippen LogP contribution in [0.25, 0.3) is 0 Å². The highest BCUT2D eigenvalue weighted by Gasteiger charge is 2.32. The first kappa shape index (κ1) is 30.9. The van der Waals surface area contributed by atoms with E-state index in [9.17, 15) is 28.0 Å². The van der Waals surface area contributed by atoms with Gasteiger partial charge in [-0.3, -0.25) is 4.79 Å². The molecule has 1 atom stereocenters. The molecule has 2 rings (SSSR count). The minimum absolute atomic E-state index is 0.00209. The Morgan fingerprint density at radius 3 is 2.51 bits per heavy atom. The SMILES string of the molecule is CCOc1nc(N)nc(N(C)[C@@H](CCCNC(=O)OC(C)(C)C)C(=O)Nc2cccc(C(F)(F)F)c2)c1C#N. The van der Waals surface area contributed by atoms with Gasteiger partial charge in [0.25, 0.3) is 0 Å². The molecule has 0 aliphatic carbocycles. The van der Waals surface area contributed by atoms with Gasteiger partial charge in [0.2, 0.25) is 17.7 Å². The molecule has 0 aliphatic rings. The topological polar surface area (TPSA) is 155 Å². The first-order chi connectivity index (χ1) is 18.2. The first-order valence-electron chi connectivity index (χ1n) is 12.0. The van der Waals surface area contributed by atoms with Crippen molar-refractivity contribution in [3.8, 4) is 11.9 Å². The maximum Gasteiger partial charge on any atom is 0.416 e. The van der Waals surface area contributed by atoms with Gasteiger partial charge in [-0.2, -0.15) is 28.4 Å². The fourth-order valence-corrected chi connectivity index (χ4v) is 3.49. The summed E-state index contributed by atoms with van der Waals surface area (Å²) >= 11 is 0. The Kier molecular flexibility index (Phi) is 10.3. The smallest absolute Gasteiger partial charge is 0.416 e. The summed E-state index contributed by atoms with van der Waals surface area (Å²) in [5, 5.41) is 14.8. The number of aromatic nitrogens is 2. The van der Waals surface area contributed by atoms with Gasteiger partial charge in [0, 0.05) is 19.3 Å². The third-order valence-electron chi connectivity index (χ3n) is 5.15. The number of anilines is 3. The largest absolute Gasteiger partial charge is 0.477 e. The molecule has 4 N–H and O–H groups in total. The van der Waals surface area contributed by atoms with Gasteiger partial charge in [-0.25, -0.2) is 4.79 Å². The van der Waals surface area contributed by atoms with Crippen LogP contribution in [-0.4, -0.2) is 53.8 Å². The predicted octanol–water partition coefficient (Wildman–Crippen LogP) is 4.10. The number of nitrogens with two attached hydrogens (primary N) is 1. The molecule has 0 fully saturated rings. The zero-order chi connectivity index (χ0) is 29.4. The van der Waals surface area contributed by atoms with Crippen molar-refractivity contribution in [2.24, 2.45) is 0 Å². The number of alkyl halides is 3. The van der Waals surface area contributed by atoms with Gasteiger partial charge in [0.1, 0.15) is 17.7 Å². The fourth-order valence-electron chi connectivity index (χ4n) is 3.49. The molecule has 11 nitrogen and oxygen atoms in total. The van der Waals surface area contributed by atoms with Gasteiger partial charge in [0.05, 0.1) is 12.2 Å². The van der Waals surface area contributed by atoms with E-state index in [1.807, 2.05) is 6.07 Å². The number of carbonyl (C=O) groups is 2. The zero-order valence-corrected chi connectivity index (χ0v) is 22.3. The average molecular weight is 552 g/mol. The first-order valence-corrected chi connectivity index (χ1v) is 12.0. The summed E-state index contributed by atoms with van der Waals surface area (Å²) in [7, 11) is 1.48. The van der Waals surface area contributed by atoms with E-state index >= 15 is 0 Å². The lowest BCUT2D eigenvalue weighted by Crippen LogP contribution is -2.43. The second-order valence-electron chi connectivity index (χ2n) is 9.40. The molecule has 1 aromatic heterocycles. The zero-order valence-electron chi connectivity index (χ0n) is 22.3. The standard InChI is InChI=1S/C25H32F3N7O4/c1-6-38-21-17(14-29)19(33-22(30)34-21)35(5)18(11-8-12-31-23(37)39-24(2,3)4)20(36)32-16-10-7-9-15(13-16)25(26,27)28/h7,9-10,13,18H,6,8,11-12H2,1-5H3,(H,31,37)(H,32,36)(H2,30,33,34)/t18-/m0/s1. The molecule has 212 valence electrons. The number of nitrogens with zero attached hydrogens (tertiary/aromatic N) is 4. The van der Waals surface area contributed by atoms with E-state index in [0.717, 1.165) is 12.1 Å². The molecule has 1 heterocycles. The normalized spacial score (nSPS) is 12.2. The minimum atomic E-state index is -4.60. The highest BCUT2D eigenvalue weighted by molar-refractivity contribution is 5.97. The van der Waals surface area contributed by atoms with E-state index in [1.54, 1.807) is 27.7 Å². The fraction of sp³-hybridized carbons (Fsp3) is 0.480. The maximum atomic E-state index is 13.4. The molecule has 0 spiro atoms. The van der Waals surface area contributed by atoms with Crippen LogP contribution in [0.15, 0.2) is 24.3 Å². The summed E-state index contributed by atoms with van der Waals surface area (Å²) in [5.41, 5.74) is 4.04. The van der Waals surface area contributed by atoms with Crippen molar-refractivity contribution >= 4 is 29.5 Å². The third-order valence-corrected chi connectivity index (χ3v) is 5.15. The minimum Gasteiger partial charge on any atom is -0.477 e. The number of nitrogens with one attached hydrogen (secondary N) is 2. The van der Waals surface area contributed by atoms with Crippen LogP contribution in [0, 0.1) is 11.3 Å². The van der Waals surface area contributed by atoms with Gasteiger partial charge in [0.15, 0.2) is 11.4 Å². The van der Waals surface area contributed by atoms with Crippen LogP contribution in [0.1, 0.15) is 51.7 Å². The predicted molar refractivity (Wildman–Crippen MR) is 138 cm³/mol. The number of halogens is 3. The second kappa shape index (κ2) is 13.0. The van der Waals surface area contributed by atoms with E-state index in [1.165, 1.54) is 24.1 Å². The van der Waals surface area contributed by atoms with Crippen molar-refractivity contribution in [3.63, 3.8) is 0 Å². The van der Waals surface area contributed by atoms with E-state index < -0.39 is 35.4 Å². The van der Waals surface area contributed by atoms with E-state index in [4.69, 9.17) is 15.2 Å². The summed E-state index contributed by atoms with van der Waals surface area (Å²) in [6.07, 6.45) is -4.86. The van der Waals surface area contributed by atoms with Crippen LogP contribution in [0.2, 0.25) is 0 Å². The molecule has 0 radical (unpaired) electrons. The Morgan fingerprint density at radius 2 is 1.92 bits per heavy atom. The number of ether oxygens (including phenoxy) is 2. The maximum absolute atomic E-state index is 13.4. The molecule has 0 saturated heterocycles. The number of likely N-dealkylation sites (N-methyl/N-ethyl adjacent to an activating group) is 1. The molecular weight excluding hydrogens is 519 g/mol. The van der Waals surface area contributed by atoms with E-state index in [2.05, 4.69) is 20.6 Å². The van der Waals surface area contributed by atoms with Gasteiger partial charge in [-0.15, -0.1) is 0 Å². The van der Waals surface area contributed by atoms with Crippen LogP contribution in [0.4, 0.5) is 35.4 Å². The highest BCUT2D eigenvalue weighted by Crippen LogP contribution is 2.31. The third kappa shape index (κ3) is 9.20. The van der Waals surface area contributed by atoms with Crippen molar-refractivity contribution in [2.45, 2.75) is 58.4 Å². The molecular formula is C25H32F3N7O4. The van der Waals surface area contributed by atoms with Crippen molar-refractivity contribution in [1.82, 2.24) is 15.3 Å². The van der Waals surface area contributed by atoms with Gasteiger partial charge in [-0.05, 0) is 58.7 Å². The lowest BCUT2D eigenvalue weighted by atomic mass is 10.1. The van der Waals surface area contributed by atoms with Crippen LogP contribution < -0.4 is 26.0 Å². The second-order valence-corrected chi connectivity index (χ2v) is 9.40. The average Bonchev–Trinajstić information content (AvgIpc) is 2.82. The number of nitrogen functional groups attached to an aromatic ring is 1. The molecule has 14 heteroatoms. The summed E-state index contributed by atoms with van der Waals surface area (Å²) in [4.78, 5) is 34.8. The molecule has 1 aromatic carbocycles. The summed E-state index contributed by atoms with van der Waals surface area (Å²) < 4.78 is 50.1. The molecule has 0 aliphatic heterocycles. The van der Waals surface area contributed by atoms with Gasteiger partial charge >= 0.3 is 12.3 Å². The number of alkyl carbamates (subject to hydrolysis) is 1. The Bertz CT molecular complexity index is 1210. The summed E-state index contributed by atoms with van der Waals surface area (Å²) in [5.74, 6) is -0.952. The highest BCUT2D eigenvalue weighted by atomic mass is 19.4. The van der Waals surface area contributed by atoms with Crippen LogP contribution in [0.5, 0.6) is 5.88 Å². The Labute approximate surface area is 224 Å². The van der Waals surface area contributed by atoms with Gasteiger partial charge < -0.3 is 30.7 Å². The van der Waals surface area contributed by atoms with Crippen molar-refractivity contribution in [2.75, 3.05) is 36.1 Å². The monoisotopic (exact) mass is 551 g/mol. The lowest BCUT2D eigenvalue weighted by Gasteiger charge is -2.29. The van der Waals surface area contributed by atoms with E-state index in [-0.39, 0.29) is 54.9 Å². The van der Waals surface area contributed by atoms with Crippen LogP contribution >= 0.6 is 0 Å². The number of carbonyl (C=O) groups excluding carboxylic acids is 2. The Morgan fingerprint density at radius 1 is 1.23 bits per heavy atom. The molecule has 2 amide bonds. The molecule has 0 bridgehead atoms. The lowest BCUT2D eigenvalue weighted by molar-refractivity contribution is -0.137. The molecule has 2 aromatic rings. The number of hydrogen-bond acceptors (Lipinski definition) is 9. The Hall–Kier alpha value is -4.28. The number of nitriles is 1. The molecule has 0 unspecified atom stereocenters. The Balaban J connectivity index is 2.34. The number of amides is 2. The molecule has 39 heavy (non-hydrogen) atoms. The van der Waals surface area contributed by atoms with E-state index in [0.29, 0.717) is 0 Å². The summed E-state index contributed by atoms with van der Waals surface area (Å²) in [6, 6.07) is 5.11. The summed E-state index contributed by atoms with van der Waals surface area (Å²) in [6.45, 7) is 7.15. The number of benzene rings is 1. The van der Waals surface area contributed by atoms with Crippen molar-refractivity contribution < 1.29 is 32.2 Å². The van der Waals surface area contributed by atoms with Crippen LogP contribution in [0.3, 0.4) is 0 Å². The molecule has 0 saturated carbocycles. The van der Waals surface area contributed by atoms with Gasteiger partial charge in [-0.1, -0.05) is 6.07 Å². The number of rotatable bonds is 10. The van der Waals surface area contributed by atoms with Crippen molar-refractivity contribution in [1.29, 1.82) is 5.26 Å². The van der Waals surface area contributed by atoms with Crippen LogP contribution in [-0.2, 0) is 15.7 Å². The quantitative estimate of drug-likeness (QED) is 0.370. The van der Waals surface area contributed by atoms with Crippen molar-refractivity contribution in [3.05, 3.63) is 35.4 Å². The number of hydrogen-bond donors (Lipinski definition) is 3.